The monoisotopic (exact) mass is 358 g/mol. The molecular formula is C5H3O5ReSi. The van der Waals surface area contributed by atoms with E-state index in [1.807, 2.05) is 0 Å². The van der Waals surface area contributed by atoms with Gasteiger partial charge in [-0.2, -0.15) is 0 Å². The fourth-order valence-corrected chi connectivity index (χ4v) is 0. The summed E-state index contributed by atoms with van der Waals surface area (Å²) in [4.78, 5) is 0. The van der Waals surface area contributed by atoms with Crippen molar-refractivity contribution in [1.82, 2.24) is 0 Å². The fourth-order valence-electron chi connectivity index (χ4n) is 0. The van der Waals surface area contributed by atoms with E-state index in [9.17, 15) is 0 Å². The number of hydrogen-bond donors (Lipinski definition) is 0. The molecule has 0 N–H and O–H groups in total. The first-order valence-corrected chi connectivity index (χ1v) is 1.02. The van der Waals surface area contributed by atoms with Gasteiger partial charge in [0.25, 0.3) is 0 Å². The smallest absolute Gasteiger partial charge is 0 e. The van der Waals surface area contributed by atoms with Gasteiger partial charge in [-0.1, -0.05) is 0 Å². The van der Waals surface area contributed by atoms with Gasteiger partial charge in [0, 0.05) is 20.4 Å². The molecule has 5 nitrogen and oxygen atoms in total. The van der Waals surface area contributed by atoms with Crippen molar-refractivity contribution < 1.29 is 43.7 Å². The minimum absolute atomic E-state index is 0. The molecule has 0 aliphatic heterocycles. The minimum atomic E-state index is 0. The Kier molecular flexibility index (Phi) is 28200. The van der Waals surface area contributed by atoms with Crippen molar-refractivity contribution in [3.63, 3.8) is 0 Å². The van der Waals surface area contributed by atoms with Crippen molar-refractivity contribution in [2.75, 3.05) is 0 Å². The molecule has 0 aromatic rings. The van der Waals surface area contributed by atoms with E-state index in [2.05, 4.69) is 33.3 Å². The van der Waals surface area contributed by atoms with Gasteiger partial charge >= 0.3 is 56.5 Å². The van der Waals surface area contributed by atoms with E-state index in [0.717, 1.165) is 0 Å². The minimum Gasteiger partial charge on any atom is -0.0125 e. The van der Waals surface area contributed by atoms with Crippen LogP contribution in [0, 0.1) is 33.3 Å². The molecule has 2 radical (unpaired) electrons. The van der Waals surface area contributed by atoms with Crippen molar-refractivity contribution in [3.8, 4) is 0 Å². The topological polar surface area (TPSA) is 99.5 Å². The summed E-state index contributed by atoms with van der Waals surface area (Å²) in [6.45, 7) is 22.5. The van der Waals surface area contributed by atoms with Gasteiger partial charge in [-0.3, -0.25) is 0 Å². The van der Waals surface area contributed by atoms with Crippen LogP contribution in [-0.2, 0) is 43.7 Å². The molecule has 7 heteroatoms. The standard InChI is InChI=1S/5CO.Re.H3Si/c5*1-2;;/h;;;;;;1H3. The summed E-state index contributed by atoms with van der Waals surface area (Å²) >= 11 is 0. The first-order chi connectivity index (χ1) is 5.00. The van der Waals surface area contributed by atoms with Crippen LogP contribution in [0.2, 0.25) is 0 Å². The Morgan fingerprint density at radius 2 is 0.417 bits per heavy atom. The summed E-state index contributed by atoms with van der Waals surface area (Å²) in [7, 11) is 0. The molecule has 0 atom stereocenters. The average Bonchev–Trinajstić information content (AvgIpc) is 2.20. The number of rotatable bonds is 0. The molecule has 0 fully saturated rings. The summed E-state index contributed by atoms with van der Waals surface area (Å²) in [5, 5.41) is 0. The quantitative estimate of drug-likeness (QED) is 0.290. The zero-order valence-corrected chi connectivity index (χ0v) is 10.6. The van der Waals surface area contributed by atoms with Gasteiger partial charge in [0.2, 0.25) is 0 Å². The first kappa shape index (κ1) is 61.8. The summed E-state index contributed by atoms with van der Waals surface area (Å²) < 4.78 is 37.5. The van der Waals surface area contributed by atoms with Crippen LogP contribution in [0.4, 0.5) is 0 Å². The second-order valence-electron chi connectivity index (χ2n) is 0. The normalized spacial score (nSPS) is 0.833. The zero-order chi connectivity index (χ0) is 10.0. The molecular weight excluding hydrogens is 354 g/mol. The summed E-state index contributed by atoms with van der Waals surface area (Å²) in [5.74, 6) is 0. The summed E-state index contributed by atoms with van der Waals surface area (Å²) in [6, 6.07) is 0. The van der Waals surface area contributed by atoms with Crippen LogP contribution in [0.5, 0.6) is 0 Å². The van der Waals surface area contributed by atoms with Crippen molar-refractivity contribution >= 4 is 11.0 Å². The molecule has 0 saturated heterocycles. The Bertz CT molecular complexity index is 78.4. The van der Waals surface area contributed by atoms with Gasteiger partial charge in [0.1, 0.15) is 0 Å². The molecule has 64 valence electrons. The van der Waals surface area contributed by atoms with Crippen LogP contribution in [0.1, 0.15) is 0 Å². The van der Waals surface area contributed by atoms with Crippen LogP contribution in [0.25, 0.3) is 0 Å². The average molecular weight is 357 g/mol. The van der Waals surface area contributed by atoms with Crippen molar-refractivity contribution in [3.05, 3.63) is 33.3 Å². The SMILES string of the molecule is [C-]#[O+].[C-]#[O+].[C-]#[O+].[C-]#[O+].[C-]#[O+].[Re].[SiH3]. The van der Waals surface area contributed by atoms with Crippen molar-refractivity contribution in [1.29, 1.82) is 0 Å². The van der Waals surface area contributed by atoms with Gasteiger partial charge in [-0.15, -0.1) is 0 Å². The van der Waals surface area contributed by atoms with Crippen LogP contribution in [0.3, 0.4) is 0 Å². The van der Waals surface area contributed by atoms with Gasteiger partial charge in [-0.25, -0.2) is 0 Å². The summed E-state index contributed by atoms with van der Waals surface area (Å²) in [5.41, 5.74) is 0. The van der Waals surface area contributed by atoms with E-state index in [0.29, 0.717) is 0 Å². The number of hydrogen-bond acceptors (Lipinski definition) is 0. The molecule has 0 aromatic heterocycles. The van der Waals surface area contributed by atoms with Crippen LogP contribution < -0.4 is 0 Å². The van der Waals surface area contributed by atoms with E-state index in [1.165, 1.54) is 0 Å². The predicted octanol–water partition coefficient (Wildman–Crippen LogP) is -1.37. The third-order valence-corrected chi connectivity index (χ3v) is 0. The van der Waals surface area contributed by atoms with E-state index in [-0.39, 0.29) is 31.4 Å². The van der Waals surface area contributed by atoms with Crippen LogP contribution in [0.15, 0.2) is 0 Å². The van der Waals surface area contributed by atoms with Gasteiger partial charge in [0.15, 0.2) is 0 Å². The van der Waals surface area contributed by atoms with Gasteiger partial charge < -0.3 is 0 Å². The third-order valence-electron chi connectivity index (χ3n) is 0. The molecule has 0 saturated carbocycles. The molecule has 0 aliphatic rings. The summed E-state index contributed by atoms with van der Waals surface area (Å²) in [6.07, 6.45) is 0. The van der Waals surface area contributed by atoms with E-state index >= 15 is 0 Å². The Morgan fingerprint density at radius 1 is 0.417 bits per heavy atom. The Hall–Kier alpha value is -0.421. The van der Waals surface area contributed by atoms with Crippen LogP contribution >= 0.6 is 0 Å². The fraction of sp³-hybridized carbons (Fsp3) is 0. The van der Waals surface area contributed by atoms with E-state index in [1.54, 1.807) is 0 Å². The molecule has 0 heterocycles. The molecule has 0 spiro atoms. The van der Waals surface area contributed by atoms with Crippen molar-refractivity contribution in [2.24, 2.45) is 0 Å². The van der Waals surface area contributed by atoms with Crippen molar-refractivity contribution in [2.45, 2.75) is 0 Å². The molecule has 12 heavy (non-hydrogen) atoms. The Balaban J connectivity index is -0.00000000500. The Morgan fingerprint density at radius 3 is 0.417 bits per heavy atom. The van der Waals surface area contributed by atoms with Gasteiger partial charge in [0.05, 0.1) is 0 Å². The van der Waals surface area contributed by atoms with Gasteiger partial charge in [-0.05, 0) is 11.0 Å². The second-order valence-corrected chi connectivity index (χ2v) is 0. The third kappa shape index (κ3) is 3980. The first-order valence-electron chi connectivity index (χ1n) is 1.02. The maximum Gasteiger partial charge on any atom is 0 e. The maximum atomic E-state index is 7.50. The maximum absolute atomic E-state index is 7.50. The second kappa shape index (κ2) is 5480. The van der Waals surface area contributed by atoms with E-state index in [4.69, 9.17) is 23.3 Å². The van der Waals surface area contributed by atoms with E-state index < -0.39 is 0 Å². The largest absolute Gasteiger partial charge is 0.0125 e. The molecule has 0 aromatic carbocycles. The Labute approximate surface area is 88.2 Å². The molecule has 0 unspecified atom stereocenters. The van der Waals surface area contributed by atoms with Crippen LogP contribution in [-0.4, -0.2) is 11.0 Å². The molecule has 0 bridgehead atoms. The molecule has 0 rings (SSSR count). The molecule has 0 aliphatic carbocycles. The zero-order valence-electron chi connectivity index (χ0n) is 5.92. The predicted molar refractivity (Wildman–Crippen MR) is 29.6 cm³/mol. The molecule has 0 amide bonds.